The molecule has 5 nitrogen and oxygen atoms in total. The summed E-state index contributed by atoms with van der Waals surface area (Å²) in [6.45, 7) is 23.8. The first-order valence-corrected chi connectivity index (χ1v) is 16.1. The van der Waals surface area contributed by atoms with Gasteiger partial charge in [0.25, 0.3) is 0 Å². The second-order valence-corrected chi connectivity index (χ2v) is 12.7. The molecule has 0 fully saturated rings. The van der Waals surface area contributed by atoms with Crippen molar-refractivity contribution >= 4 is 45.0 Å². The molecular formula is C31H50N4OS3. The highest BCUT2D eigenvalue weighted by Gasteiger charge is 2.05. The van der Waals surface area contributed by atoms with Gasteiger partial charge in [0.1, 0.15) is 22.4 Å². The fourth-order valence-corrected chi connectivity index (χ4v) is 2.75. The van der Waals surface area contributed by atoms with Crippen LogP contribution in [0.15, 0.2) is 79.9 Å². The Labute approximate surface area is 249 Å². The van der Waals surface area contributed by atoms with Crippen molar-refractivity contribution in [2.75, 3.05) is 0 Å². The van der Waals surface area contributed by atoms with Crippen molar-refractivity contribution in [1.29, 1.82) is 0 Å². The van der Waals surface area contributed by atoms with Gasteiger partial charge < -0.3 is 4.42 Å². The molecule has 0 saturated heterocycles. The van der Waals surface area contributed by atoms with Crippen LogP contribution in [0.25, 0.3) is 11.0 Å². The molecular weight excluding hydrogens is 541 g/mol. The molecule has 0 aliphatic rings. The number of rotatable bonds is 1. The predicted octanol–water partition coefficient (Wildman–Crippen LogP) is 11.4. The van der Waals surface area contributed by atoms with E-state index in [2.05, 4.69) is 108 Å². The Morgan fingerprint density at radius 2 is 1.03 bits per heavy atom. The average molecular weight is 591 g/mol. The van der Waals surface area contributed by atoms with Crippen LogP contribution in [0, 0.1) is 17.8 Å². The largest absolute Gasteiger partial charge is 0.461 e. The summed E-state index contributed by atoms with van der Waals surface area (Å²) in [5, 5.41) is 12.0. The van der Waals surface area contributed by atoms with Crippen molar-refractivity contribution in [1.82, 2.24) is 20.2 Å². The van der Waals surface area contributed by atoms with Gasteiger partial charge in [-0.1, -0.05) is 94.4 Å². The van der Waals surface area contributed by atoms with E-state index in [1.807, 2.05) is 29.0 Å². The minimum atomic E-state index is 0.470. The maximum absolute atomic E-state index is 5.63. The number of para-hydroxylation sites is 1. The Hall–Kier alpha value is -2.42. The molecule has 4 aromatic heterocycles. The van der Waals surface area contributed by atoms with Crippen LogP contribution in [-0.4, -0.2) is 20.2 Å². The second-order valence-electron chi connectivity index (χ2n) is 10.5. The zero-order valence-corrected chi connectivity index (χ0v) is 28.2. The van der Waals surface area contributed by atoms with E-state index in [-0.39, 0.29) is 0 Å². The predicted molar refractivity (Wildman–Crippen MR) is 176 cm³/mol. The molecule has 0 N–H and O–H groups in total. The maximum atomic E-state index is 5.63. The summed E-state index contributed by atoms with van der Waals surface area (Å²) < 4.78 is 5.63. The highest BCUT2D eigenvalue weighted by Crippen LogP contribution is 2.24. The summed E-state index contributed by atoms with van der Waals surface area (Å²) in [5.41, 5.74) is 7.93. The van der Waals surface area contributed by atoms with Crippen molar-refractivity contribution in [3.8, 4) is 0 Å². The van der Waals surface area contributed by atoms with E-state index >= 15 is 0 Å². The monoisotopic (exact) mass is 590 g/mol. The van der Waals surface area contributed by atoms with Crippen LogP contribution in [0.5, 0.6) is 0 Å². The molecule has 39 heavy (non-hydrogen) atoms. The zero-order chi connectivity index (χ0) is 29.9. The fraction of sp³-hybridized carbons (Fsp3) is 0.484. The molecule has 0 aliphatic heterocycles. The maximum Gasteiger partial charge on any atom is 0.134 e. The van der Waals surface area contributed by atoms with Gasteiger partial charge in [0.05, 0.1) is 11.0 Å². The van der Waals surface area contributed by atoms with E-state index in [0.717, 1.165) is 29.1 Å². The Kier molecular flexibility index (Phi) is 27.0. The van der Waals surface area contributed by atoms with E-state index in [0.29, 0.717) is 5.92 Å². The highest BCUT2D eigenvalue weighted by atomic mass is 32.1. The number of hydrogen-bond acceptors (Lipinski definition) is 8. The average Bonchev–Trinajstić information content (AvgIpc) is 3.69. The topological polar surface area (TPSA) is 64.7 Å². The number of furan rings is 1. The first-order chi connectivity index (χ1) is 18.5. The van der Waals surface area contributed by atoms with Gasteiger partial charge in [-0.3, -0.25) is 9.97 Å². The van der Waals surface area contributed by atoms with Gasteiger partial charge in [-0.25, -0.2) is 0 Å². The van der Waals surface area contributed by atoms with Crippen LogP contribution in [0.3, 0.4) is 0 Å². The van der Waals surface area contributed by atoms with E-state index < -0.39 is 0 Å². The van der Waals surface area contributed by atoms with Gasteiger partial charge in [-0.05, 0) is 29.9 Å². The van der Waals surface area contributed by atoms with Crippen molar-refractivity contribution < 1.29 is 4.42 Å². The van der Waals surface area contributed by atoms with Gasteiger partial charge in [-0.2, -0.15) is 0 Å². The Bertz CT molecular complexity index is 887. The summed E-state index contributed by atoms with van der Waals surface area (Å²) in [7, 11) is 0. The summed E-state index contributed by atoms with van der Waals surface area (Å²) >= 11 is 4.69. The first kappa shape index (κ1) is 38.7. The number of benzene rings is 1. The third-order valence-corrected chi connectivity index (χ3v) is 4.47. The Morgan fingerprint density at radius 3 is 1.28 bits per heavy atom. The van der Waals surface area contributed by atoms with E-state index in [4.69, 9.17) is 4.42 Å². The number of nitrogens with zero attached hydrogens (tertiary/aromatic N) is 4. The minimum Gasteiger partial charge on any atom is -0.461 e. The summed E-state index contributed by atoms with van der Waals surface area (Å²) in [4.78, 5) is 7.48. The third kappa shape index (κ3) is 31.7. The normalized spacial score (nSPS) is 9.31. The number of fused-ring (bicyclic) bond motifs is 1. The number of thiazole rings is 2. The molecule has 218 valence electrons. The van der Waals surface area contributed by atoms with Crippen molar-refractivity contribution in [3.63, 3.8) is 0 Å². The van der Waals surface area contributed by atoms with Crippen LogP contribution in [0.4, 0.5) is 0 Å². The third-order valence-electron chi connectivity index (χ3n) is 2.99. The first-order valence-electron chi connectivity index (χ1n) is 13.3. The van der Waals surface area contributed by atoms with Crippen molar-refractivity contribution in [2.45, 2.75) is 82.1 Å². The van der Waals surface area contributed by atoms with Crippen LogP contribution in [-0.2, 0) is 0 Å². The van der Waals surface area contributed by atoms with Crippen LogP contribution in [0.1, 0.15) is 87.8 Å². The van der Waals surface area contributed by atoms with E-state index in [1.165, 1.54) is 16.7 Å². The van der Waals surface area contributed by atoms with Crippen molar-refractivity contribution in [3.05, 3.63) is 81.3 Å². The lowest BCUT2D eigenvalue weighted by molar-refractivity contribution is 0.522. The SMILES string of the molecule is CC(C)C.CC(C)C.CC(C)C.CC(C)c1cc2ccccc2o1.c1cscn1.c1cscn1.c1nncs1. The molecule has 0 saturated carbocycles. The van der Waals surface area contributed by atoms with Gasteiger partial charge in [-0.15, -0.1) is 44.2 Å². The summed E-state index contributed by atoms with van der Waals surface area (Å²) in [6.07, 6.45) is 3.54. The molecule has 0 bridgehead atoms. The van der Waals surface area contributed by atoms with Crippen LogP contribution < -0.4 is 0 Å². The van der Waals surface area contributed by atoms with Crippen molar-refractivity contribution in [2.24, 2.45) is 17.8 Å². The van der Waals surface area contributed by atoms with Gasteiger partial charge in [0, 0.05) is 34.5 Å². The molecule has 0 unspecified atom stereocenters. The Morgan fingerprint density at radius 1 is 0.590 bits per heavy atom. The molecule has 0 aliphatic carbocycles. The fourth-order valence-electron chi connectivity index (χ4n) is 1.77. The molecule has 8 heteroatoms. The van der Waals surface area contributed by atoms with E-state index in [9.17, 15) is 0 Å². The lowest BCUT2D eigenvalue weighted by Gasteiger charge is -1.95. The standard InChI is InChI=1S/C11H12O.3C4H10.2C3H3NS.C2H2N2S/c1-8(2)11-7-9-5-3-4-6-10(9)12-11;3*1-4(2)3;2*1-2-5-3-4-1;1-3-4-2-5-1/h3-8H,1-2H3;3*4H,1-3H3;2*1-3H;1-2H. The van der Waals surface area contributed by atoms with E-state index in [1.54, 1.807) is 57.1 Å². The molecule has 0 amide bonds. The summed E-state index contributed by atoms with van der Waals surface area (Å²) in [6, 6.07) is 10.2. The quantitative estimate of drug-likeness (QED) is 0.194. The Balaban J connectivity index is 0. The lowest BCUT2D eigenvalue weighted by Crippen LogP contribution is -1.79. The summed E-state index contributed by atoms with van der Waals surface area (Å²) in [5.74, 6) is 4.04. The molecule has 0 atom stereocenters. The molecule has 5 aromatic rings. The zero-order valence-electron chi connectivity index (χ0n) is 25.7. The lowest BCUT2D eigenvalue weighted by atomic mass is 10.1. The highest BCUT2D eigenvalue weighted by molar-refractivity contribution is 7.07. The molecule has 0 spiro atoms. The molecule has 5 rings (SSSR count). The van der Waals surface area contributed by atoms with Gasteiger partial charge in [0.2, 0.25) is 0 Å². The molecule has 1 aromatic carbocycles. The van der Waals surface area contributed by atoms with Crippen LogP contribution >= 0.6 is 34.0 Å². The number of aromatic nitrogens is 4. The minimum absolute atomic E-state index is 0.470. The molecule has 0 radical (unpaired) electrons. The number of hydrogen-bond donors (Lipinski definition) is 0. The second kappa shape index (κ2) is 27.2. The van der Waals surface area contributed by atoms with Gasteiger partial charge in [0.15, 0.2) is 0 Å². The van der Waals surface area contributed by atoms with Crippen LogP contribution in [0.2, 0.25) is 0 Å². The molecule has 4 heterocycles. The smallest absolute Gasteiger partial charge is 0.134 e. The van der Waals surface area contributed by atoms with Gasteiger partial charge >= 0.3 is 0 Å².